The van der Waals surface area contributed by atoms with Crippen LogP contribution in [-0.2, 0) is 9.47 Å². The molecule has 1 heterocycles. The lowest BCUT2D eigenvalue weighted by molar-refractivity contribution is -0.524. The molecule has 0 spiro atoms. The van der Waals surface area contributed by atoms with E-state index in [2.05, 4.69) is 0 Å². The molecule has 0 bridgehead atoms. The summed E-state index contributed by atoms with van der Waals surface area (Å²) in [6.45, 7) is 0. The summed E-state index contributed by atoms with van der Waals surface area (Å²) in [5, 5.41) is 0. The number of hydrogen-bond acceptors (Lipinski definition) is 4. The molecule has 1 aliphatic rings. The average molecular weight is 548 g/mol. The molecule has 0 aromatic rings. The minimum atomic E-state index is -8.09. The first-order chi connectivity index (χ1) is 13.9. The van der Waals surface area contributed by atoms with E-state index in [1.165, 1.54) is 9.47 Å². The zero-order valence-corrected chi connectivity index (χ0v) is 13.8. The van der Waals surface area contributed by atoms with E-state index in [-0.39, 0.29) is 0 Å². The third kappa shape index (κ3) is 4.56. The van der Waals surface area contributed by atoms with Gasteiger partial charge in [-0.2, -0.15) is 61.5 Å². The van der Waals surface area contributed by atoms with Gasteiger partial charge in [0.05, 0.1) is 0 Å². The molecule has 0 N–H and O–H groups in total. The van der Waals surface area contributed by atoms with Crippen molar-refractivity contribution >= 4 is 0 Å². The molecule has 0 aliphatic carbocycles. The zero-order chi connectivity index (χ0) is 27.1. The predicted molar refractivity (Wildman–Crippen MR) is 52.6 cm³/mol. The second-order valence-electron chi connectivity index (χ2n) is 5.47. The number of rotatable bonds is 6. The maximum absolute atomic E-state index is 13.8. The first kappa shape index (κ1) is 29.5. The number of ether oxygens (including phenoxy) is 2. The SMILES string of the molecule is FC(F)(F)OC(F)(F)C(F)(F)N1C(F)(F)N(C(F)(F)C(F)(F)OC(F)(F)F)C(F)(F)C1(F)F. The van der Waals surface area contributed by atoms with Crippen molar-refractivity contribution in [1.82, 2.24) is 9.80 Å². The molecule has 1 aliphatic heterocycles. The fourth-order valence-corrected chi connectivity index (χ4v) is 2.07. The molecule has 0 unspecified atom stereocenters. The number of halogens is 20. The first-order valence-electron chi connectivity index (χ1n) is 6.69. The first-order valence-corrected chi connectivity index (χ1v) is 6.69. The highest BCUT2D eigenvalue weighted by Gasteiger charge is 2.95. The second kappa shape index (κ2) is 7.22. The van der Waals surface area contributed by atoms with E-state index in [1.54, 1.807) is 0 Å². The Balaban J connectivity index is 3.80. The van der Waals surface area contributed by atoms with Gasteiger partial charge in [-0.05, 0) is 0 Å². The molecule has 1 rings (SSSR count). The van der Waals surface area contributed by atoms with Gasteiger partial charge in [-0.25, -0.2) is 9.47 Å². The Hall–Kier alpha value is -1.56. The molecule has 24 heteroatoms. The summed E-state index contributed by atoms with van der Waals surface area (Å²) in [5.74, 6) is 0. The van der Waals surface area contributed by atoms with E-state index in [0.717, 1.165) is 0 Å². The zero-order valence-electron chi connectivity index (χ0n) is 13.8. The molecular formula is C9F20N2O2. The number of hydrogen-bond donors (Lipinski definition) is 0. The van der Waals surface area contributed by atoms with Crippen LogP contribution < -0.4 is 0 Å². The Morgan fingerprint density at radius 1 is 0.424 bits per heavy atom. The van der Waals surface area contributed by atoms with Crippen molar-refractivity contribution < 1.29 is 97.3 Å². The lowest BCUT2D eigenvalue weighted by atomic mass is 10.3. The van der Waals surface area contributed by atoms with E-state index in [4.69, 9.17) is 0 Å². The van der Waals surface area contributed by atoms with E-state index in [0.29, 0.717) is 0 Å². The Morgan fingerprint density at radius 3 is 0.818 bits per heavy atom. The normalized spacial score (nSPS) is 23.3. The summed E-state index contributed by atoms with van der Waals surface area (Å²) < 4.78 is 261. The van der Waals surface area contributed by atoms with Gasteiger partial charge >= 0.3 is 55.3 Å². The van der Waals surface area contributed by atoms with Crippen molar-refractivity contribution in [2.45, 2.75) is 55.3 Å². The van der Waals surface area contributed by atoms with Crippen LogP contribution in [0.25, 0.3) is 0 Å². The maximum atomic E-state index is 13.8. The van der Waals surface area contributed by atoms with Crippen LogP contribution >= 0.6 is 0 Å². The van der Waals surface area contributed by atoms with Crippen molar-refractivity contribution in [1.29, 1.82) is 0 Å². The molecule has 1 fully saturated rings. The highest BCUT2D eigenvalue weighted by molar-refractivity contribution is 5.06. The lowest BCUT2D eigenvalue weighted by Crippen LogP contribution is -2.68. The standard InChI is InChI=1S/C9F20N2O2/c10-1(11)2(12,13)31(4(16,17)6(20,21)33-8(25,26)27)9(28,29)30(1)3(14,15)5(18,19)32-7(22,23)24. The summed E-state index contributed by atoms with van der Waals surface area (Å²) in [6.07, 6.45) is -37.5. The fraction of sp³-hybridized carbons (Fsp3) is 1.00. The molecule has 33 heavy (non-hydrogen) atoms. The van der Waals surface area contributed by atoms with E-state index >= 15 is 0 Å². The highest BCUT2D eigenvalue weighted by atomic mass is 19.4. The third-order valence-corrected chi connectivity index (χ3v) is 3.21. The summed E-state index contributed by atoms with van der Waals surface area (Å²) >= 11 is 0. The minimum absolute atomic E-state index is 1.25. The van der Waals surface area contributed by atoms with Crippen LogP contribution in [-0.4, -0.2) is 65.1 Å². The average Bonchev–Trinajstić information content (AvgIpc) is 2.49. The summed E-state index contributed by atoms with van der Waals surface area (Å²) in [5.41, 5.74) is 0. The van der Waals surface area contributed by atoms with Crippen molar-refractivity contribution in [3.05, 3.63) is 0 Å². The molecule has 0 radical (unpaired) electrons. The predicted octanol–water partition coefficient (Wildman–Crippen LogP) is 5.78. The minimum Gasteiger partial charge on any atom is -0.220 e. The topological polar surface area (TPSA) is 24.9 Å². The van der Waals surface area contributed by atoms with Crippen LogP contribution in [0.15, 0.2) is 0 Å². The molecule has 0 amide bonds. The molecular weight excluding hydrogens is 548 g/mol. The van der Waals surface area contributed by atoms with Crippen LogP contribution in [0.4, 0.5) is 87.8 Å². The van der Waals surface area contributed by atoms with Crippen LogP contribution in [0.3, 0.4) is 0 Å². The Labute approximate surface area is 164 Å². The molecule has 0 aromatic carbocycles. The third-order valence-electron chi connectivity index (χ3n) is 3.21. The summed E-state index contributed by atoms with van der Waals surface area (Å²) in [4.78, 5) is -8.76. The van der Waals surface area contributed by atoms with Gasteiger partial charge in [0.2, 0.25) is 0 Å². The van der Waals surface area contributed by atoms with Gasteiger partial charge < -0.3 is 0 Å². The molecule has 4 nitrogen and oxygen atoms in total. The lowest BCUT2D eigenvalue weighted by Gasteiger charge is -2.39. The Morgan fingerprint density at radius 2 is 0.636 bits per heavy atom. The van der Waals surface area contributed by atoms with Crippen LogP contribution in [0.5, 0.6) is 0 Å². The van der Waals surface area contributed by atoms with Gasteiger partial charge in [0.1, 0.15) is 0 Å². The number of nitrogens with zero attached hydrogens (tertiary/aromatic N) is 2. The van der Waals surface area contributed by atoms with E-state index in [9.17, 15) is 87.8 Å². The molecule has 1 saturated heterocycles. The summed E-state index contributed by atoms with van der Waals surface area (Å²) in [7, 11) is 0. The van der Waals surface area contributed by atoms with Crippen molar-refractivity contribution in [2.24, 2.45) is 0 Å². The van der Waals surface area contributed by atoms with Crippen LogP contribution in [0.2, 0.25) is 0 Å². The van der Waals surface area contributed by atoms with Gasteiger partial charge in [-0.1, -0.05) is 9.80 Å². The van der Waals surface area contributed by atoms with Gasteiger partial charge in [0.25, 0.3) is 0 Å². The van der Waals surface area contributed by atoms with Crippen molar-refractivity contribution in [3.8, 4) is 0 Å². The second-order valence-corrected chi connectivity index (χ2v) is 5.47. The molecule has 0 atom stereocenters. The van der Waals surface area contributed by atoms with Gasteiger partial charge in [-0.15, -0.1) is 26.3 Å². The quantitative estimate of drug-likeness (QED) is 0.311. The van der Waals surface area contributed by atoms with Gasteiger partial charge in [0, 0.05) is 0 Å². The fourth-order valence-electron chi connectivity index (χ4n) is 2.07. The smallest absolute Gasteiger partial charge is 0.220 e. The number of alkyl halides is 20. The molecule has 0 aromatic heterocycles. The van der Waals surface area contributed by atoms with Crippen LogP contribution in [0.1, 0.15) is 0 Å². The Bertz CT molecular complexity index is 679. The van der Waals surface area contributed by atoms with Crippen molar-refractivity contribution in [2.75, 3.05) is 0 Å². The Kier molecular flexibility index (Phi) is 6.45. The van der Waals surface area contributed by atoms with Crippen LogP contribution in [0, 0.1) is 0 Å². The molecule has 198 valence electrons. The monoisotopic (exact) mass is 548 g/mol. The van der Waals surface area contributed by atoms with E-state index < -0.39 is 65.1 Å². The van der Waals surface area contributed by atoms with Gasteiger partial charge in [0.15, 0.2) is 0 Å². The maximum Gasteiger partial charge on any atom is 0.527 e. The summed E-state index contributed by atoms with van der Waals surface area (Å²) in [6, 6.07) is -32.0. The highest BCUT2D eigenvalue weighted by Crippen LogP contribution is 2.64. The largest absolute Gasteiger partial charge is 0.527 e. The van der Waals surface area contributed by atoms with Gasteiger partial charge in [-0.3, -0.25) is 0 Å². The van der Waals surface area contributed by atoms with Crippen molar-refractivity contribution in [3.63, 3.8) is 0 Å². The molecule has 0 saturated carbocycles. The van der Waals surface area contributed by atoms with E-state index in [1.807, 2.05) is 0 Å².